The van der Waals surface area contributed by atoms with Gasteiger partial charge in [-0.3, -0.25) is 4.79 Å². The lowest BCUT2D eigenvalue weighted by molar-refractivity contribution is -0.142. The molecule has 4 heteroatoms. The Morgan fingerprint density at radius 3 is 2.31 bits per heavy atom. The maximum atomic E-state index is 12.6. The Kier molecular flexibility index (Phi) is 2.95. The molecule has 0 heterocycles. The average molecular weight is 186 g/mol. The first-order valence-corrected chi connectivity index (χ1v) is 3.66. The van der Waals surface area contributed by atoms with E-state index < -0.39 is 17.6 Å². The highest BCUT2D eigenvalue weighted by Gasteiger charge is 2.01. The number of ether oxygens (including phenoxy) is 1. The molecule has 1 rings (SSSR count). The molecule has 2 nitrogen and oxygen atoms in total. The summed E-state index contributed by atoms with van der Waals surface area (Å²) in [5.41, 5.74) is 0.299. The standard InChI is InChI=1S/C9H8F2O2/c1-6(12)13-5-7-2-8(10)4-9(11)3-7/h2-4H,5H2,1H3. The first kappa shape index (κ1) is 9.64. The van der Waals surface area contributed by atoms with Gasteiger partial charge in [-0.15, -0.1) is 0 Å². The number of benzene rings is 1. The smallest absolute Gasteiger partial charge is 0.302 e. The van der Waals surface area contributed by atoms with Crippen LogP contribution < -0.4 is 0 Å². The topological polar surface area (TPSA) is 26.3 Å². The second-order valence-electron chi connectivity index (χ2n) is 2.56. The molecule has 70 valence electrons. The third kappa shape index (κ3) is 3.19. The van der Waals surface area contributed by atoms with Crippen LogP contribution in [0.15, 0.2) is 18.2 Å². The minimum absolute atomic E-state index is 0.107. The maximum absolute atomic E-state index is 12.6. The van der Waals surface area contributed by atoms with Crippen LogP contribution in [0.1, 0.15) is 12.5 Å². The molecule has 1 aromatic carbocycles. The van der Waals surface area contributed by atoms with Crippen LogP contribution in [0.5, 0.6) is 0 Å². The highest BCUT2D eigenvalue weighted by atomic mass is 19.1. The molecule has 0 spiro atoms. The Labute approximate surface area is 74.1 Å². The van der Waals surface area contributed by atoms with E-state index in [0.717, 1.165) is 18.2 Å². The number of esters is 1. The van der Waals surface area contributed by atoms with Gasteiger partial charge in [-0.25, -0.2) is 8.78 Å². The zero-order valence-corrected chi connectivity index (χ0v) is 7.01. The lowest BCUT2D eigenvalue weighted by Gasteiger charge is -2.01. The molecule has 0 amide bonds. The van der Waals surface area contributed by atoms with Gasteiger partial charge in [0.1, 0.15) is 18.2 Å². The van der Waals surface area contributed by atoms with Gasteiger partial charge < -0.3 is 4.74 Å². The van der Waals surface area contributed by atoms with Crippen LogP contribution in [0.25, 0.3) is 0 Å². The summed E-state index contributed by atoms with van der Waals surface area (Å²) >= 11 is 0. The van der Waals surface area contributed by atoms with Crippen LogP contribution in [0.3, 0.4) is 0 Å². The van der Waals surface area contributed by atoms with Crippen LogP contribution in [-0.2, 0) is 16.1 Å². The summed E-state index contributed by atoms with van der Waals surface area (Å²) in [5, 5.41) is 0. The van der Waals surface area contributed by atoms with E-state index in [4.69, 9.17) is 0 Å². The second-order valence-corrected chi connectivity index (χ2v) is 2.56. The largest absolute Gasteiger partial charge is 0.461 e. The monoisotopic (exact) mass is 186 g/mol. The van der Waals surface area contributed by atoms with Crippen molar-refractivity contribution in [2.24, 2.45) is 0 Å². The van der Waals surface area contributed by atoms with Crippen molar-refractivity contribution in [3.8, 4) is 0 Å². The minimum Gasteiger partial charge on any atom is -0.461 e. The van der Waals surface area contributed by atoms with Gasteiger partial charge in [-0.2, -0.15) is 0 Å². The highest BCUT2D eigenvalue weighted by Crippen LogP contribution is 2.08. The van der Waals surface area contributed by atoms with Crippen LogP contribution in [0.2, 0.25) is 0 Å². The van der Waals surface area contributed by atoms with Crippen molar-refractivity contribution in [1.29, 1.82) is 0 Å². The Bertz CT molecular complexity index is 303. The third-order valence-electron chi connectivity index (χ3n) is 1.36. The summed E-state index contributed by atoms with van der Waals surface area (Å²) in [6, 6.07) is 3.00. The first-order chi connectivity index (χ1) is 6.08. The molecule has 0 aromatic heterocycles. The lowest BCUT2D eigenvalue weighted by Crippen LogP contribution is -1.99. The number of rotatable bonds is 2. The summed E-state index contributed by atoms with van der Waals surface area (Å²) in [6.45, 7) is 1.12. The van der Waals surface area contributed by atoms with Crippen LogP contribution >= 0.6 is 0 Å². The molecule has 0 aliphatic carbocycles. The Morgan fingerprint density at radius 1 is 1.31 bits per heavy atom. The fourth-order valence-electron chi connectivity index (χ4n) is 0.879. The molecule has 0 aliphatic rings. The van der Waals surface area contributed by atoms with Crippen molar-refractivity contribution in [3.63, 3.8) is 0 Å². The van der Waals surface area contributed by atoms with E-state index in [9.17, 15) is 13.6 Å². The number of hydrogen-bond acceptors (Lipinski definition) is 2. The van der Waals surface area contributed by atoms with E-state index >= 15 is 0 Å². The van der Waals surface area contributed by atoms with Crippen molar-refractivity contribution in [2.45, 2.75) is 13.5 Å². The SMILES string of the molecule is CC(=O)OCc1cc(F)cc(F)c1. The Hall–Kier alpha value is -1.45. The van der Waals surface area contributed by atoms with Gasteiger partial charge in [0.15, 0.2) is 0 Å². The number of carbonyl (C=O) groups is 1. The van der Waals surface area contributed by atoms with E-state index in [1.54, 1.807) is 0 Å². The van der Waals surface area contributed by atoms with Crippen molar-refractivity contribution in [1.82, 2.24) is 0 Å². The molecule has 0 aliphatic heterocycles. The predicted octanol–water partition coefficient (Wildman–Crippen LogP) is 2.03. The fraction of sp³-hybridized carbons (Fsp3) is 0.222. The number of halogens is 2. The summed E-state index contributed by atoms with van der Waals surface area (Å²) in [5.74, 6) is -1.84. The van der Waals surface area contributed by atoms with Gasteiger partial charge >= 0.3 is 5.97 Å². The van der Waals surface area contributed by atoms with Crippen molar-refractivity contribution < 1.29 is 18.3 Å². The predicted molar refractivity (Wildman–Crippen MR) is 41.8 cm³/mol. The molecule has 0 bridgehead atoms. The van der Waals surface area contributed by atoms with Crippen LogP contribution in [0, 0.1) is 11.6 Å². The molecule has 1 aromatic rings. The summed E-state index contributed by atoms with van der Waals surface area (Å²) in [6.07, 6.45) is 0. The van der Waals surface area contributed by atoms with E-state index in [2.05, 4.69) is 4.74 Å². The van der Waals surface area contributed by atoms with E-state index in [1.165, 1.54) is 6.92 Å². The van der Waals surface area contributed by atoms with E-state index in [-0.39, 0.29) is 6.61 Å². The van der Waals surface area contributed by atoms with E-state index in [0.29, 0.717) is 5.56 Å². The van der Waals surface area contributed by atoms with Gasteiger partial charge in [-0.1, -0.05) is 0 Å². The van der Waals surface area contributed by atoms with Gasteiger partial charge in [0.05, 0.1) is 0 Å². The summed E-state index contributed by atoms with van der Waals surface area (Å²) in [4.78, 5) is 10.4. The zero-order valence-electron chi connectivity index (χ0n) is 7.01. The molecular formula is C9H8F2O2. The summed E-state index contributed by atoms with van der Waals surface area (Å²) < 4.78 is 29.7. The molecule has 0 fully saturated rings. The van der Waals surface area contributed by atoms with Crippen LogP contribution in [0.4, 0.5) is 8.78 Å². The van der Waals surface area contributed by atoms with Crippen molar-refractivity contribution in [2.75, 3.05) is 0 Å². The molecule has 0 unspecified atom stereocenters. The minimum atomic E-state index is -0.679. The number of hydrogen-bond donors (Lipinski definition) is 0. The fourth-order valence-corrected chi connectivity index (χ4v) is 0.879. The highest BCUT2D eigenvalue weighted by molar-refractivity contribution is 5.65. The zero-order chi connectivity index (χ0) is 9.84. The third-order valence-corrected chi connectivity index (χ3v) is 1.36. The van der Waals surface area contributed by atoms with Crippen LogP contribution in [-0.4, -0.2) is 5.97 Å². The second kappa shape index (κ2) is 3.98. The van der Waals surface area contributed by atoms with Gasteiger partial charge in [-0.05, 0) is 17.7 Å². The molecule has 0 atom stereocenters. The molecule has 13 heavy (non-hydrogen) atoms. The van der Waals surface area contributed by atoms with Gasteiger partial charge in [0, 0.05) is 13.0 Å². The van der Waals surface area contributed by atoms with Crippen molar-refractivity contribution >= 4 is 5.97 Å². The molecular weight excluding hydrogens is 178 g/mol. The first-order valence-electron chi connectivity index (χ1n) is 3.66. The van der Waals surface area contributed by atoms with E-state index in [1.807, 2.05) is 0 Å². The molecule has 0 saturated heterocycles. The molecule has 0 saturated carbocycles. The van der Waals surface area contributed by atoms with Gasteiger partial charge in [0.2, 0.25) is 0 Å². The normalized spacial score (nSPS) is 9.77. The number of carbonyl (C=O) groups excluding carboxylic acids is 1. The lowest BCUT2D eigenvalue weighted by atomic mass is 10.2. The average Bonchev–Trinajstić information content (AvgIpc) is 1.99. The molecule has 0 radical (unpaired) electrons. The summed E-state index contributed by atoms with van der Waals surface area (Å²) in [7, 11) is 0. The van der Waals surface area contributed by atoms with Crippen molar-refractivity contribution in [3.05, 3.63) is 35.4 Å². The quantitative estimate of drug-likeness (QED) is 0.660. The Balaban J connectivity index is 2.71. The molecule has 0 N–H and O–H groups in total. The maximum Gasteiger partial charge on any atom is 0.302 e. The Morgan fingerprint density at radius 2 is 1.85 bits per heavy atom. The van der Waals surface area contributed by atoms with Gasteiger partial charge in [0.25, 0.3) is 0 Å².